The van der Waals surface area contributed by atoms with Crippen molar-refractivity contribution < 1.29 is 9.13 Å². The monoisotopic (exact) mass is 386 g/mol. The fourth-order valence-corrected chi connectivity index (χ4v) is 3.65. The number of pyridine rings is 1. The lowest BCUT2D eigenvalue weighted by molar-refractivity contribution is 0.222. The minimum absolute atomic E-state index is 0.0838. The zero-order valence-corrected chi connectivity index (χ0v) is 16.6. The molecule has 1 aromatic heterocycles. The zero-order valence-electron chi connectivity index (χ0n) is 15.8. The Morgan fingerprint density at radius 3 is 2.67 bits per heavy atom. The Hall–Kier alpha value is -2.17. The average Bonchev–Trinajstić information content (AvgIpc) is 2.59. The third kappa shape index (κ3) is 4.76. The first kappa shape index (κ1) is 19.6. The number of hydrogen-bond donors (Lipinski definition) is 1. The average molecular weight is 387 g/mol. The third-order valence-corrected chi connectivity index (χ3v) is 4.63. The Morgan fingerprint density at radius 2 is 1.96 bits per heavy atom. The summed E-state index contributed by atoms with van der Waals surface area (Å²) >= 11 is 6.35. The second-order valence-electron chi connectivity index (χ2n) is 7.75. The van der Waals surface area contributed by atoms with Crippen molar-refractivity contribution in [2.75, 3.05) is 6.61 Å². The lowest BCUT2D eigenvalue weighted by atomic mass is 9.93. The lowest BCUT2D eigenvalue weighted by Crippen LogP contribution is -2.35. The molecule has 0 amide bonds. The number of hydrogen-bond acceptors (Lipinski definition) is 3. The van der Waals surface area contributed by atoms with E-state index in [0.29, 0.717) is 12.2 Å². The summed E-state index contributed by atoms with van der Waals surface area (Å²) in [7, 11) is 0. The molecule has 0 aliphatic carbocycles. The molecule has 5 heteroatoms. The number of benzene rings is 2. The number of nitrogens with zero attached hydrogens (tertiary/aromatic N) is 1. The smallest absolute Gasteiger partial charge is 0.173 e. The van der Waals surface area contributed by atoms with Gasteiger partial charge in [0, 0.05) is 17.1 Å². The molecular weight excluding hydrogens is 363 g/mol. The van der Waals surface area contributed by atoms with E-state index in [1.807, 2.05) is 51.1 Å². The fraction of sp³-hybridized carbons (Fsp3) is 0.318. The predicted octanol–water partition coefficient (Wildman–Crippen LogP) is 5.84. The summed E-state index contributed by atoms with van der Waals surface area (Å²) < 4.78 is 20.4. The van der Waals surface area contributed by atoms with Gasteiger partial charge in [0.05, 0.1) is 17.1 Å². The van der Waals surface area contributed by atoms with Crippen LogP contribution in [0, 0.1) is 11.7 Å². The van der Waals surface area contributed by atoms with E-state index < -0.39 is 5.82 Å². The second kappa shape index (κ2) is 7.83. The summed E-state index contributed by atoms with van der Waals surface area (Å²) in [5.41, 5.74) is 8.17. The molecule has 27 heavy (non-hydrogen) atoms. The number of halogens is 2. The number of ether oxygens (including phenoxy) is 1. The van der Waals surface area contributed by atoms with Crippen molar-refractivity contribution in [3.05, 3.63) is 59.5 Å². The molecule has 3 rings (SSSR count). The molecule has 3 aromatic rings. The van der Waals surface area contributed by atoms with Crippen molar-refractivity contribution in [2.45, 2.75) is 32.7 Å². The van der Waals surface area contributed by atoms with Gasteiger partial charge in [-0.3, -0.25) is 4.98 Å². The highest BCUT2D eigenvalue weighted by atomic mass is 35.5. The normalized spacial score (nSPS) is 13.0. The van der Waals surface area contributed by atoms with Gasteiger partial charge in [0.1, 0.15) is 0 Å². The molecule has 0 radical (unpaired) electrons. The van der Waals surface area contributed by atoms with Gasteiger partial charge in [-0.05, 0) is 61.6 Å². The molecule has 0 bridgehead atoms. The molecule has 0 aliphatic heterocycles. The van der Waals surface area contributed by atoms with E-state index in [9.17, 15) is 4.39 Å². The molecule has 0 fully saturated rings. The van der Waals surface area contributed by atoms with Crippen molar-refractivity contribution in [3.8, 4) is 16.9 Å². The minimum atomic E-state index is -0.474. The summed E-state index contributed by atoms with van der Waals surface area (Å²) in [6.45, 7) is 6.31. The molecule has 1 heterocycles. The van der Waals surface area contributed by atoms with Crippen LogP contribution >= 0.6 is 11.6 Å². The van der Waals surface area contributed by atoms with Gasteiger partial charge in [0.15, 0.2) is 11.6 Å². The fourth-order valence-electron chi connectivity index (χ4n) is 3.38. The highest BCUT2D eigenvalue weighted by molar-refractivity contribution is 6.32. The second-order valence-corrected chi connectivity index (χ2v) is 8.16. The van der Waals surface area contributed by atoms with Gasteiger partial charge in [-0.2, -0.15) is 0 Å². The topological polar surface area (TPSA) is 48.1 Å². The van der Waals surface area contributed by atoms with Gasteiger partial charge in [-0.25, -0.2) is 4.39 Å². The van der Waals surface area contributed by atoms with Gasteiger partial charge < -0.3 is 10.5 Å². The van der Waals surface area contributed by atoms with Crippen LogP contribution in [0.2, 0.25) is 5.02 Å². The molecule has 0 aliphatic rings. The molecule has 0 spiro atoms. The number of para-hydroxylation sites is 1. The molecule has 1 atom stereocenters. The van der Waals surface area contributed by atoms with Crippen LogP contribution in [0.3, 0.4) is 0 Å². The first-order chi connectivity index (χ1) is 12.7. The van der Waals surface area contributed by atoms with E-state index in [-0.39, 0.29) is 22.2 Å². The van der Waals surface area contributed by atoms with Crippen molar-refractivity contribution in [3.63, 3.8) is 0 Å². The van der Waals surface area contributed by atoms with Gasteiger partial charge in [0.2, 0.25) is 0 Å². The summed E-state index contributed by atoms with van der Waals surface area (Å²) in [5.74, 6) is -0.206. The molecule has 0 saturated carbocycles. The number of rotatable bonds is 6. The van der Waals surface area contributed by atoms with E-state index in [0.717, 1.165) is 22.9 Å². The van der Waals surface area contributed by atoms with Crippen molar-refractivity contribution in [1.82, 2.24) is 4.98 Å². The summed E-state index contributed by atoms with van der Waals surface area (Å²) in [4.78, 5) is 4.35. The maximum atomic E-state index is 14.7. The molecule has 0 saturated heterocycles. The van der Waals surface area contributed by atoms with E-state index >= 15 is 0 Å². The summed E-state index contributed by atoms with van der Waals surface area (Å²) in [6.07, 6.45) is 2.48. The quantitative estimate of drug-likeness (QED) is 0.579. The van der Waals surface area contributed by atoms with Crippen LogP contribution in [0.15, 0.2) is 48.7 Å². The Balaban J connectivity index is 1.87. The highest BCUT2D eigenvalue weighted by Gasteiger charge is 2.18. The van der Waals surface area contributed by atoms with Crippen LogP contribution in [0.5, 0.6) is 5.75 Å². The van der Waals surface area contributed by atoms with Gasteiger partial charge in [0.25, 0.3) is 0 Å². The van der Waals surface area contributed by atoms with Crippen molar-refractivity contribution in [1.29, 1.82) is 0 Å². The maximum Gasteiger partial charge on any atom is 0.173 e. The maximum absolute atomic E-state index is 14.7. The largest absolute Gasteiger partial charge is 0.489 e. The van der Waals surface area contributed by atoms with E-state index in [4.69, 9.17) is 22.1 Å². The molecule has 2 N–H and O–H groups in total. The standard InChI is InChI=1S/C22H24ClFN2O/c1-14(12-22(2,3)25)13-27-21-18(23)10-15(11-19(21)24)16-8-9-26-20-7-5-4-6-17(16)20/h4-11,14H,12-13,25H2,1-3H3. The van der Waals surface area contributed by atoms with Crippen LogP contribution < -0.4 is 10.5 Å². The van der Waals surface area contributed by atoms with Crippen LogP contribution in [-0.4, -0.2) is 17.1 Å². The lowest BCUT2D eigenvalue weighted by Gasteiger charge is -2.23. The zero-order chi connectivity index (χ0) is 19.6. The Labute approximate surface area is 164 Å². The van der Waals surface area contributed by atoms with Gasteiger partial charge >= 0.3 is 0 Å². The first-order valence-electron chi connectivity index (χ1n) is 8.99. The molecular formula is C22H24ClFN2O. The predicted molar refractivity (Wildman–Crippen MR) is 110 cm³/mol. The van der Waals surface area contributed by atoms with Crippen molar-refractivity contribution >= 4 is 22.5 Å². The summed E-state index contributed by atoms with van der Waals surface area (Å²) in [6, 6.07) is 12.8. The van der Waals surface area contributed by atoms with E-state index in [2.05, 4.69) is 4.98 Å². The number of nitrogens with two attached hydrogens (primary N) is 1. The van der Waals surface area contributed by atoms with Crippen LogP contribution in [-0.2, 0) is 0 Å². The first-order valence-corrected chi connectivity index (χ1v) is 9.37. The molecule has 2 aromatic carbocycles. The Bertz CT molecular complexity index is 924. The number of fused-ring (bicyclic) bond motifs is 1. The summed E-state index contributed by atoms with van der Waals surface area (Å²) in [5, 5.41) is 1.20. The molecule has 1 unspecified atom stereocenters. The SMILES string of the molecule is CC(COc1c(F)cc(-c2ccnc3ccccc23)cc1Cl)CC(C)(C)N. The Kier molecular flexibility index (Phi) is 5.68. The third-order valence-electron chi connectivity index (χ3n) is 4.35. The van der Waals surface area contributed by atoms with Gasteiger partial charge in [-0.1, -0.05) is 36.7 Å². The van der Waals surface area contributed by atoms with Crippen LogP contribution in [0.25, 0.3) is 22.0 Å². The molecule has 142 valence electrons. The molecule has 3 nitrogen and oxygen atoms in total. The van der Waals surface area contributed by atoms with E-state index in [1.165, 1.54) is 6.07 Å². The van der Waals surface area contributed by atoms with Crippen molar-refractivity contribution in [2.24, 2.45) is 11.7 Å². The van der Waals surface area contributed by atoms with Crippen LogP contribution in [0.1, 0.15) is 27.2 Å². The minimum Gasteiger partial charge on any atom is -0.489 e. The Morgan fingerprint density at radius 1 is 1.22 bits per heavy atom. The van der Waals surface area contributed by atoms with E-state index in [1.54, 1.807) is 12.3 Å². The highest BCUT2D eigenvalue weighted by Crippen LogP contribution is 2.36. The van der Waals surface area contributed by atoms with Gasteiger partial charge in [-0.15, -0.1) is 0 Å². The number of aromatic nitrogens is 1. The van der Waals surface area contributed by atoms with Crippen LogP contribution in [0.4, 0.5) is 4.39 Å².